The molecule has 0 atom stereocenters. The van der Waals surface area contributed by atoms with Crippen LogP contribution in [0.3, 0.4) is 0 Å². The van der Waals surface area contributed by atoms with Crippen molar-refractivity contribution in [3.05, 3.63) is 65.3 Å². The van der Waals surface area contributed by atoms with E-state index in [4.69, 9.17) is 11.6 Å². The second-order valence-electron chi connectivity index (χ2n) is 6.71. The van der Waals surface area contributed by atoms with Crippen molar-refractivity contribution in [1.82, 2.24) is 9.88 Å². The van der Waals surface area contributed by atoms with Gasteiger partial charge in [-0.25, -0.2) is 4.79 Å². The molecule has 1 aliphatic rings. The van der Waals surface area contributed by atoms with Crippen molar-refractivity contribution in [2.24, 2.45) is 0 Å². The lowest BCUT2D eigenvalue weighted by Gasteiger charge is -2.19. The van der Waals surface area contributed by atoms with E-state index in [1.807, 2.05) is 43.3 Å². The van der Waals surface area contributed by atoms with E-state index in [1.165, 1.54) is 4.90 Å². The summed E-state index contributed by atoms with van der Waals surface area (Å²) in [6.45, 7) is 2.92. The summed E-state index contributed by atoms with van der Waals surface area (Å²) in [5.74, 6) is -0.241. The number of anilines is 2. The van der Waals surface area contributed by atoms with E-state index in [9.17, 15) is 9.59 Å². The van der Waals surface area contributed by atoms with Gasteiger partial charge >= 0.3 is 6.03 Å². The van der Waals surface area contributed by atoms with Gasteiger partial charge in [-0.15, -0.1) is 0 Å². The van der Waals surface area contributed by atoms with E-state index in [0.717, 1.165) is 22.3 Å². The number of carbonyl (C=O) groups is 2. The molecule has 1 aromatic heterocycles. The number of halogens is 1. The third kappa shape index (κ3) is 3.64. The topological polar surface area (TPSA) is 65.5 Å². The predicted octanol–water partition coefficient (Wildman–Crippen LogP) is 4.08. The van der Waals surface area contributed by atoms with Crippen LogP contribution >= 0.6 is 11.6 Å². The second-order valence-corrected chi connectivity index (χ2v) is 7.15. The highest BCUT2D eigenvalue weighted by atomic mass is 35.5. The minimum atomic E-state index is -0.241. The van der Waals surface area contributed by atoms with Gasteiger partial charge in [0.15, 0.2) is 0 Å². The molecule has 0 saturated carbocycles. The highest BCUT2D eigenvalue weighted by Crippen LogP contribution is 2.24. The molecule has 3 aromatic rings. The number of carbonyl (C=O) groups excluding carboxylic acids is 2. The van der Waals surface area contributed by atoms with Gasteiger partial charge in [-0.3, -0.25) is 14.7 Å². The number of aryl methyl sites for hydroxylation is 1. The molecule has 0 bridgehead atoms. The van der Waals surface area contributed by atoms with Crippen LogP contribution in [0.15, 0.2) is 54.6 Å². The van der Waals surface area contributed by atoms with Crippen LogP contribution < -0.4 is 10.2 Å². The third-order valence-corrected chi connectivity index (χ3v) is 4.93. The van der Waals surface area contributed by atoms with Crippen LogP contribution in [0.4, 0.5) is 16.2 Å². The number of urea groups is 1. The zero-order chi connectivity index (χ0) is 19.7. The van der Waals surface area contributed by atoms with E-state index < -0.39 is 0 Å². The largest absolute Gasteiger partial charge is 0.325 e. The molecule has 0 unspecified atom stereocenters. The van der Waals surface area contributed by atoms with E-state index in [1.54, 1.807) is 23.1 Å². The molecule has 1 aliphatic heterocycles. The number of hydrogen-bond acceptors (Lipinski definition) is 3. The number of nitrogens with zero attached hydrogens (tertiary/aromatic N) is 3. The lowest BCUT2D eigenvalue weighted by Crippen LogP contribution is -2.37. The van der Waals surface area contributed by atoms with Crippen molar-refractivity contribution in [3.8, 4) is 0 Å². The van der Waals surface area contributed by atoms with Gasteiger partial charge in [-0.05, 0) is 49.4 Å². The lowest BCUT2D eigenvalue weighted by molar-refractivity contribution is -0.116. The van der Waals surface area contributed by atoms with Gasteiger partial charge in [0.25, 0.3) is 0 Å². The molecule has 7 heteroatoms. The summed E-state index contributed by atoms with van der Waals surface area (Å²) in [6, 6.07) is 16.4. The first-order valence-electron chi connectivity index (χ1n) is 8.99. The molecule has 142 valence electrons. The van der Waals surface area contributed by atoms with Crippen molar-refractivity contribution in [3.63, 3.8) is 0 Å². The van der Waals surface area contributed by atoms with Gasteiger partial charge in [-0.2, -0.15) is 0 Å². The zero-order valence-electron chi connectivity index (χ0n) is 15.4. The first-order valence-corrected chi connectivity index (χ1v) is 9.37. The van der Waals surface area contributed by atoms with E-state index in [2.05, 4.69) is 10.3 Å². The van der Waals surface area contributed by atoms with Crippen molar-refractivity contribution in [2.45, 2.75) is 6.92 Å². The van der Waals surface area contributed by atoms with E-state index in [0.29, 0.717) is 23.8 Å². The predicted molar refractivity (Wildman–Crippen MR) is 111 cm³/mol. The first-order chi connectivity index (χ1) is 13.5. The van der Waals surface area contributed by atoms with Crippen LogP contribution in [0, 0.1) is 6.92 Å². The van der Waals surface area contributed by atoms with Crippen molar-refractivity contribution in [1.29, 1.82) is 0 Å². The summed E-state index contributed by atoms with van der Waals surface area (Å²) in [6.07, 6.45) is 0. The molecule has 1 fully saturated rings. The summed E-state index contributed by atoms with van der Waals surface area (Å²) in [5, 5.41) is 4.34. The summed E-state index contributed by atoms with van der Waals surface area (Å²) >= 11 is 6.02. The maximum Gasteiger partial charge on any atom is 0.325 e. The number of rotatable bonds is 4. The number of pyridine rings is 1. The zero-order valence-corrected chi connectivity index (χ0v) is 16.1. The van der Waals surface area contributed by atoms with Crippen molar-refractivity contribution in [2.75, 3.05) is 29.9 Å². The van der Waals surface area contributed by atoms with Gasteiger partial charge in [-0.1, -0.05) is 23.7 Å². The molecule has 1 N–H and O–H groups in total. The number of fused-ring (bicyclic) bond motifs is 1. The summed E-state index contributed by atoms with van der Waals surface area (Å²) in [5.41, 5.74) is 3.16. The monoisotopic (exact) mass is 394 g/mol. The molecular weight excluding hydrogens is 376 g/mol. The molecular formula is C21H19ClN4O2. The first kappa shape index (κ1) is 18.3. The molecule has 2 heterocycles. The maximum atomic E-state index is 12.7. The van der Waals surface area contributed by atoms with Crippen LogP contribution in [0.5, 0.6) is 0 Å². The number of aromatic nitrogens is 1. The van der Waals surface area contributed by atoms with Gasteiger partial charge in [0.1, 0.15) is 6.54 Å². The lowest BCUT2D eigenvalue weighted by atomic mass is 10.1. The SMILES string of the molecule is Cc1ccc2c(NC(=O)CN3CCN(c4cccc(Cl)c4)C3=O)cccc2n1. The molecule has 28 heavy (non-hydrogen) atoms. The molecule has 2 aromatic carbocycles. The standard InChI is InChI=1S/C21H19ClN4O2/c1-14-8-9-17-18(23-14)6-3-7-19(17)24-20(27)13-25-10-11-26(21(25)28)16-5-2-4-15(22)12-16/h2-9,12H,10-11,13H2,1H3,(H,24,27). The molecule has 3 amide bonds. The molecule has 6 nitrogen and oxygen atoms in total. The van der Waals surface area contributed by atoms with Crippen LogP contribution in [0.2, 0.25) is 5.02 Å². The Morgan fingerprint density at radius 2 is 1.96 bits per heavy atom. The fraction of sp³-hybridized carbons (Fsp3) is 0.190. The van der Waals surface area contributed by atoms with E-state index in [-0.39, 0.29) is 18.5 Å². The Labute approximate surface area is 167 Å². The number of benzene rings is 2. The Morgan fingerprint density at radius 1 is 1.14 bits per heavy atom. The molecule has 0 radical (unpaired) electrons. The van der Waals surface area contributed by atoms with Crippen LogP contribution in [-0.2, 0) is 4.79 Å². The Bertz CT molecular complexity index is 1070. The Morgan fingerprint density at radius 3 is 2.79 bits per heavy atom. The molecule has 1 saturated heterocycles. The van der Waals surface area contributed by atoms with Crippen LogP contribution in [0.25, 0.3) is 10.9 Å². The van der Waals surface area contributed by atoms with Gasteiger partial charge in [0.05, 0.1) is 11.2 Å². The number of amides is 3. The minimum absolute atomic E-state index is 0.00836. The number of hydrogen-bond donors (Lipinski definition) is 1. The minimum Gasteiger partial charge on any atom is -0.324 e. The normalized spacial score (nSPS) is 14.0. The quantitative estimate of drug-likeness (QED) is 0.725. The molecule has 4 rings (SSSR count). The third-order valence-electron chi connectivity index (χ3n) is 4.69. The highest BCUT2D eigenvalue weighted by molar-refractivity contribution is 6.30. The average molecular weight is 395 g/mol. The summed E-state index contributed by atoms with van der Waals surface area (Å²) in [7, 11) is 0. The van der Waals surface area contributed by atoms with E-state index >= 15 is 0 Å². The van der Waals surface area contributed by atoms with Gasteiger partial charge in [0, 0.05) is 34.9 Å². The van der Waals surface area contributed by atoms with Gasteiger partial charge < -0.3 is 10.2 Å². The van der Waals surface area contributed by atoms with Crippen LogP contribution in [-0.4, -0.2) is 41.5 Å². The Hall–Kier alpha value is -3.12. The van der Waals surface area contributed by atoms with Crippen molar-refractivity contribution < 1.29 is 9.59 Å². The fourth-order valence-corrected chi connectivity index (χ4v) is 3.53. The van der Waals surface area contributed by atoms with Crippen LogP contribution in [0.1, 0.15) is 5.69 Å². The summed E-state index contributed by atoms with van der Waals surface area (Å²) in [4.78, 5) is 32.9. The summed E-state index contributed by atoms with van der Waals surface area (Å²) < 4.78 is 0. The Balaban J connectivity index is 1.45. The smallest absolute Gasteiger partial charge is 0.324 e. The van der Waals surface area contributed by atoms with Gasteiger partial charge in [0.2, 0.25) is 5.91 Å². The highest BCUT2D eigenvalue weighted by Gasteiger charge is 2.31. The Kier molecular flexibility index (Phi) is 4.88. The molecule has 0 aliphatic carbocycles. The fourth-order valence-electron chi connectivity index (χ4n) is 3.34. The number of nitrogens with one attached hydrogen (secondary N) is 1. The maximum absolute atomic E-state index is 12.7. The molecule has 0 spiro atoms. The second kappa shape index (κ2) is 7.48. The average Bonchev–Trinajstić information content (AvgIpc) is 3.02. The van der Waals surface area contributed by atoms with Crippen molar-refractivity contribution >= 4 is 45.8 Å².